The van der Waals surface area contributed by atoms with Crippen LogP contribution < -0.4 is 10.2 Å². The summed E-state index contributed by atoms with van der Waals surface area (Å²) in [4.78, 5) is 31.9. The smallest absolute Gasteiger partial charge is 0.254 e. The van der Waals surface area contributed by atoms with E-state index in [9.17, 15) is 9.59 Å². The summed E-state index contributed by atoms with van der Waals surface area (Å²) < 4.78 is 4.67. The molecule has 166 valence electrons. The van der Waals surface area contributed by atoms with E-state index in [1.807, 2.05) is 18.0 Å². The number of hydrogen-bond donors (Lipinski definition) is 1. The molecule has 2 aliphatic rings. The number of amides is 2. The van der Waals surface area contributed by atoms with Crippen LogP contribution in [0.1, 0.15) is 34.6 Å². The van der Waals surface area contributed by atoms with E-state index >= 15 is 0 Å². The fraction of sp³-hybridized carbons (Fsp3) is 0.524. The van der Waals surface area contributed by atoms with Gasteiger partial charge >= 0.3 is 0 Å². The predicted molar refractivity (Wildman–Crippen MR) is 116 cm³/mol. The van der Waals surface area contributed by atoms with E-state index in [4.69, 9.17) is 11.6 Å². The maximum atomic E-state index is 13.2. The minimum absolute atomic E-state index is 0.0837. The molecule has 0 spiro atoms. The van der Waals surface area contributed by atoms with Crippen LogP contribution in [-0.4, -0.2) is 77.7 Å². The molecule has 1 unspecified atom stereocenters. The summed E-state index contributed by atoms with van der Waals surface area (Å²) in [5, 5.41) is 11.0. The average Bonchev–Trinajstić information content (AvgIpc) is 3.44. The lowest BCUT2D eigenvalue weighted by atomic mass is 10.1. The Morgan fingerprint density at radius 2 is 1.97 bits per heavy atom. The molecule has 0 aliphatic carbocycles. The minimum atomic E-state index is -0.441. The molecule has 9 nitrogen and oxygen atoms in total. The number of anilines is 1. The highest BCUT2D eigenvalue weighted by molar-refractivity contribution is 6.33. The Labute approximate surface area is 186 Å². The van der Waals surface area contributed by atoms with Crippen molar-refractivity contribution in [3.05, 3.63) is 40.2 Å². The van der Waals surface area contributed by atoms with Gasteiger partial charge in [0, 0.05) is 38.3 Å². The zero-order valence-corrected chi connectivity index (χ0v) is 18.6. The third kappa shape index (κ3) is 4.67. The molecular formula is C21H27ClN6O3. The molecule has 2 saturated heterocycles. The zero-order valence-electron chi connectivity index (χ0n) is 17.8. The van der Waals surface area contributed by atoms with Crippen molar-refractivity contribution in [1.29, 1.82) is 0 Å². The highest BCUT2D eigenvalue weighted by Gasteiger charge is 2.33. The number of carbonyl (C=O) groups excluding carboxylic acids is 2. The first kappa shape index (κ1) is 21.6. The molecule has 1 aromatic carbocycles. The van der Waals surface area contributed by atoms with Gasteiger partial charge in [-0.05, 0) is 45.0 Å². The molecule has 10 heteroatoms. The lowest BCUT2D eigenvalue weighted by Gasteiger charge is -2.38. The van der Waals surface area contributed by atoms with Gasteiger partial charge in [0.25, 0.3) is 5.91 Å². The molecule has 1 atom stereocenters. The van der Waals surface area contributed by atoms with Crippen LogP contribution in [0.15, 0.2) is 22.8 Å². The molecule has 2 fully saturated rings. The molecule has 0 saturated carbocycles. The van der Waals surface area contributed by atoms with Crippen molar-refractivity contribution >= 4 is 29.1 Å². The number of carbonyl (C=O) groups is 2. The highest BCUT2D eigenvalue weighted by atomic mass is 35.5. The number of likely N-dealkylation sites (N-methyl/N-ethyl adjacent to an activating group) is 1. The van der Waals surface area contributed by atoms with Crippen molar-refractivity contribution in [2.75, 3.05) is 44.7 Å². The van der Waals surface area contributed by atoms with Gasteiger partial charge in [0.15, 0.2) is 0 Å². The third-order valence-electron chi connectivity index (χ3n) is 6.05. The number of hydrogen-bond acceptors (Lipinski definition) is 7. The van der Waals surface area contributed by atoms with Gasteiger partial charge in [-0.15, -0.1) is 0 Å². The van der Waals surface area contributed by atoms with Crippen LogP contribution in [0.5, 0.6) is 0 Å². The van der Waals surface area contributed by atoms with Crippen molar-refractivity contribution in [2.24, 2.45) is 0 Å². The molecule has 0 radical (unpaired) electrons. The number of rotatable bonds is 5. The van der Waals surface area contributed by atoms with Gasteiger partial charge in [0.2, 0.25) is 5.91 Å². The molecule has 3 heterocycles. The molecule has 1 aromatic heterocycles. The Bertz CT molecular complexity index is 958. The van der Waals surface area contributed by atoms with Crippen LogP contribution in [0.25, 0.3) is 0 Å². The summed E-state index contributed by atoms with van der Waals surface area (Å²) >= 11 is 6.40. The van der Waals surface area contributed by atoms with Crippen LogP contribution >= 0.6 is 11.6 Å². The third-order valence-corrected chi connectivity index (χ3v) is 6.37. The molecule has 2 amide bonds. The van der Waals surface area contributed by atoms with E-state index in [1.165, 1.54) is 0 Å². The number of aryl methyl sites for hydroxylation is 1. The van der Waals surface area contributed by atoms with E-state index in [0.29, 0.717) is 41.6 Å². The number of aromatic nitrogens is 2. The zero-order chi connectivity index (χ0) is 22.0. The van der Waals surface area contributed by atoms with E-state index in [-0.39, 0.29) is 18.4 Å². The molecule has 1 N–H and O–H groups in total. The van der Waals surface area contributed by atoms with Gasteiger partial charge in [0.1, 0.15) is 17.4 Å². The van der Waals surface area contributed by atoms with Crippen LogP contribution in [0.2, 0.25) is 5.02 Å². The highest BCUT2D eigenvalue weighted by Crippen LogP contribution is 2.30. The van der Waals surface area contributed by atoms with Crippen LogP contribution in [0.4, 0.5) is 5.69 Å². The molecular weight excluding hydrogens is 420 g/mol. The summed E-state index contributed by atoms with van der Waals surface area (Å²) in [5.74, 6) is -0.240. The number of nitrogens with one attached hydrogen (secondary N) is 1. The summed E-state index contributed by atoms with van der Waals surface area (Å²) in [6, 6.07) is 4.99. The van der Waals surface area contributed by atoms with Gasteiger partial charge in [-0.3, -0.25) is 14.5 Å². The summed E-state index contributed by atoms with van der Waals surface area (Å²) in [5.41, 5.74) is 2.74. The van der Waals surface area contributed by atoms with E-state index < -0.39 is 6.04 Å². The maximum absolute atomic E-state index is 13.2. The van der Waals surface area contributed by atoms with E-state index in [1.54, 1.807) is 24.0 Å². The normalized spacial score (nSPS) is 19.6. The van der Waals surface area contributed by atoms with Crippen molar-refractivity contribution in [3.63, 3.8) is 0 Å². The first-order chi connectivity index (χ1) is 14.9. The van der Waals surface area contributed by atoms with Gasteiger partial charge in [-0.25, -0.2) is 4.63 Å². The summed E-state index contributed by atoms with van der Waals surface area (Å²) in [6.45, 7) is 5.41. The first-order valence-electron chi connectivity index (χ1n) is 10.5. The molecule has 2 aromatic rings. The summed E-state index contributed by atoms with van der Waals surface area (Å²) in [6.07, 6.45) is 2.27. The van der Waals surface area contributed by atoms with Crippen LogP contribution in [0.3, 0.4) is 0 Å². The van der Waals surface area contributed by atoms with Crippen molar-refractivity contribution in [2.45, 2.75) is 32.4 Å². The Balaban J connectivity index is 1.43. The SMILES string of the molecule is Cc1nonc1CNC(=O)C1CN(C(=O)c2ccc(Cl)c(N3CCCC3)c2)CCN1C. The van der Waals surface area contributed by atoms with Crippen molar-refractivity contribution < 1.29 is 14.2 Å². The van der Waals surface area contributed by atoms with Crippen LogP contribution in [-0.2, 0) is 11.3 Å². The van der Waals surface area contributed by atoms with Gasteiger partial charge in [-0.1, -0.05) is 21.9 Å². The number of nitrogens with zero attached hydrogens (tertiary/aromatic N) is 5. The van der Waals surface area contributed by atoms with Crippen LogP contribution in [0, 0.1) is 6.92 Å². The van der Waals surface area contributed by atoms with E-state index in [2.05, 4.69) is 25.2 Å². The second kappa shape index (κ2) is 9.23. The van der Waals surface area contributed by atoms with Crippen molar-refractivity contribution in [1.82, 2.24) is 25.4 Å². The van der Waals surface area contributed by atoms with Crippen molar-refractivity contribution in [3.8, 4) is 0 Å². The van der Waals surface area contributed by atoms with Gasteiger partial charge in [0.05, 0.1) is 17.3 Å². The summed E-state index contributed by atoms with van der Waals surface area (Å²) in [7, 11) is 1.89. The van der Waals surface area contributed by atoms with Gasteiger partial charge < -0.3 is 15.1 Å². The molecule has 0 bridgehead atoms. The average molecular weight is 447 g/mol. The maximum Gasteiger partial charge on any atom is 0.254 e. The quantitative estimate of drug-likeness (QED) is 0.746. The van der Waals surface area contributed by atoms with E-state index in [0.717, 1.165) is 31.6 Å². The lowest BCUT2D eigenvalue weighted by Crippen LogP contribution is -2.58. The second-order valence-corrected chi connectivity index (χ2v) is 8.53. The minimum Gasteiger partial charge on any atom is -0.370 e. The Kier molecular flexibility index (Phi) is 6.43. The largest absolute Gasteiger partial charge is 0.370 e. The number of halogens is 1. The van der Waals surface area contributed by atoms with Gasteiger partial charge in [-0.2, -0.15) is 0 Å². The Hall–Kier alpha value is -2.65. The first-order valence-corrected chi connectivity index (χ1v) is 10.9. The monoisotopic (exact) mass is 446 g/mol. The molecule has 4 rings (SSSR count). The fourth-order valence-electron chi connectivity index (χ4n) is 4.07. The molecule has 31 heavy (non-hydrogen) atoms. The lowest BCUT2D eigenvalue weighted by molar-refractivity contribution is -0.127. The molecule has 2 aliphatic heterocycles. The predicted octanol–water partition coefficient (Wildman–Crippen LogP) is 1.70. The topological polar surface area (TPSA) is 94.8 Å². The Morgan fingerprint density at radius 3 is 2.68 bits per heavy atom. The number of piperazine rings is 1. The second-order valence-electron chi connectivity index (χ2n) is 8.12. The number of benzene rings is 1. The Morgan fingerprint density at radius 1 is 1.19 bits per heavy atom. The fourth-order valence-corrected chi connectivity index (χ4v) is 4.31. The standard InChI is InChI=1S/C21H27ClN6O3/c1-14-17(25-31-24-14)12-23-20(29)19-13-28(10-9-26(19)2)21(30)15-5-6-16(22)18(11-15)27-7-3-4-8-27/h5-6,11,19H,3-4,7-10,12-13H2,1-2H3,(H,23,29).